The molecular weight excluding hydrogens is 332 g/mol. The third kappa shape index (κ3) is 4.69. The number of hydrogen-bond acceptors (Lipinski definition) is 5. The van der Waals surface area contributed by atoms with Crippen molar-refractivity contribution in [1.82, 2.24) is 10.6 Å². The Bertz CT molecular complexity index is 533. The molecule has 1 atom stereocenters. The van der Waals surface area contributed by atoms with Crippen molar-refractivity contribution in [1.29, 1.82) is 0 Å². The van der Waals surface area contributed by atoms with E-state index < -0.39 is 11.5 Å². The molecule has 0 bridgehead atoms. The summed E-state index contributed by atoms with van der Waals surface area (Å²) < 4.78 is 10.4. The molecule has 1 aromatic rings. The van der Waals surface area contributed by atoms with E-state index in [1.807, 2.05) is 30.3 Å². The van der Waals surface area contributed by atoms with Gasteiger partial charge in [-0.25, -0.2) is 0 Å². The first-order chi connectivity index (χ1) is 11.1. The molecule has 0 aromatic heterocycles. The largest absolute Gasteiger partial charge is 0.468 e. The van der Waals surface area contributed by atoms with Gasteiger partial charge in [0.05, 0.1) is 13.0 Å². The number of halogens is 1. The molecule has 0 aliphatic carbocycles. The zero-order valence-corrected chi connectivity index (χ0v) is 14.9. The van der Waals surface area contributed by atoms with Crippen LogP contribution in [0.25, 0.3) is 0 Å². The van der Waals surface area contributed by atoms with E-state index in [1.165, 1.54) is 7.11 Å². The second-order valence-electron chi connectivity index (χ2n) is 5.64. The third-order valence-corrected chi connectivity index (χ3v) is 4.37. The average molecular weight is 357 g/mol. The summed E-state index contributed by atoms with van der Waals surface area (Å²) in [6.07, 6.45) is 1.23. The van der Waals surface area contributed by atoms with Crippen LogP contribution in [0.4, 0.5) is 0 Å². The molecule has 1 amide bonds. The van der Waals surface area contributed by atoms with Crippen LogP contribution in [0, 0.1) is 0 Å². The van der Waals surface area contributed by atoms with Gasteiger partial charge in [-0.2, -0.15) is 0 Å². The lowest BCUT2D eigenvalue weighted by Crippen LogP contribution is -2.54. The molecule has 1 fully saturated rings. The van der Waals surface area contributed by atoms with Crippen LogP contribution in [0.3, 0.4) is 0 Å². The van der Waals surface area contributed by atoms with Gasteiger partial charge in [-0.05, 0) is 31.5 Å². The van der Waals surface area contributed by atoms with E-state index in [0.717, 1.165) is 18.7 Å². The van der Waals surface area contributed by atoms with E-state index in [-0.39, 0.29) is 30.8 Å². The quantitative estimate of drug-likeness (QED) is 0.750. The van der Waals surface area contributed by atoms with Crippen LogP contribution in [0.5, 0.6) is 0 Å². The molecule has 1 aliphatic rings. The normalized spacial score (nSPS) is 17.2. The van der Waals surface area contributed by atoms with Crippen molar-refractivity contribution in [2.45, 2.75) is 24.4 Å². The second-order valence-corrected chi connectivity index (χ2v) is 5.64. The van der Waals surface area contributed by atoms with Crippen LogP contribution >= 0.6 is 12.4 Å². The average Bonchev–Trinajstić information content (AvgIpc) is 2.62. The molecule has 0 saturated carbocycles. The van der Waals surface area contributed by atoms with E-state index in [1.54, 1.807) is 7.11 Å². The summed E-state index contributed by atoms with van der Waals surface area (Å²) in [5.74, 6) is -1.07. The lowest BCUT2D eigenvalue weighted by atomic mass is 9.90. The summed E-state index contributed by atoms with van der Waals surface area (Å²) in [6, 6.07) is 9.30. The van der Waals surface area contributed by atoms with Gasteiger partial charge in [0.25, 0.3) is 5.91 Å². The van der Waals surface area contributed by atoms with E-state index in [0.29, 0.717) is 12.8 Å². The maximum Gasteiger partial charge on any atom is 0.314 e. The first-order valence-corrected chi connectivity index (χ1v) is 7.80. The summed E-state index contributed by atoms with van der Waals surface area (Å²) in [7, 11) is 2.91. The maximum atomic E-state index is 12.6. The van der Waals surface area contributed by atoms with Crippen LogP contribution < -0.4 is 10.6 Å². The zero-order valence-electron chi connectivity index (χ0n) is 14.0. The van der Waals surface area contributed by atoms with E-state index in [2.05, 4.69) is 10.6 Å². The van der Waals surface area contributed by atoms with Gasteiger partial charge in [0.15, 0.2) is 0 Å². The molecule has 2 N–H and O–H groups in total. The fraction of sp³-hybridized carbons (Fsp3) is 0.529. The molecule has 0 radical (unpaired) electrons. The highest BCUT2D eigenvalue weighted by molar-refractivity contribution is 5.86. The van der Waals surface area contributed by atoms with E-state index in [4.69, 9.17) is 9.47 Å². The molecule has 1 saturated heterocycles. The number of methoxy groups -OCH3 is 2. The molecule has 1 heterocycles. The Morgan fingerprint density at radius 2 is 1.83 bits per heavy atom. The van der Waals surface area contributed by atoms with Gasteiger partial charge in [0, 0.05) is 13.7 Å². The number of piperidine rings is 1. The molecule has 7 heteroatoms. The van der Waals surface area contributed by atoms with Crippen molar-refractivity contribution < 1.29 is 19.1 Å². The summed E-state index contributed by atoms with van der Waals surface area (Å²) in [4.78, 5) is 24.6. The highest BCUT2D eigenvalue weighted by Crippen LogP contribution is 2.23. The number of ether oxygens (including phenoxy) is 2. The highest BCUT2D eigenvalue weighted by Gasteiger charge is 2.40. The Morgan fingerprint density at radius 1 is 1.21 bits per heavy atom. The Balaban J connectivity index is 0.00000288. The number of nitrogens with one attached hydrogen (secondary N) is 2. The summed E-state index contributed by atoms with van der Waals surface area (Å²) in [5, 5.41) is 6.08. The zero-order chi connectivity index (χ0) is 16.7. The molecule has 2 rings (SSSR count). The Kier molecular flexibility index (Phi) is 8.18. The van der Waals surface area contributed by atoms with E-state index >= 15 is 0 Å². The molecular formula is C17H25ClN2O4. The van der Waals surface area contributed by atoms with Crippen LogP contribution in [0.15, 0.2) is 30.3 Å². The second kappa shape index (κ2) is 9.61. The van der Waals surface area contributed by atoms with Crippen molar-refractivity contribution in [3.63, 3.8) is 0 Å². The standard InChI is InChI=1S/C17H24N2O4.ClH/c1-22-15(20)14(13-6-4-3-5-7-13)12-19-16(21)17(23-2)8-10-18-11-9-17;/h3-7,14,18H,8-12H2,1-2H3,(H,19,21);1H. The fourth-order valence-electron chi connectivity index (χ4n) is 2.88. The number of amides is 1. The predicted molar refractivity (Wildman–Crippen MR) is 93.3 cm³/mol. The van der Waals surface area contributed by atoms with Crippen molar-refractivity contribution >= 4 is 24.3 Å². The lowest BCUT2D eigenvalue weighted by molar-refractivity contribution is -0.147. The number of carbonyl (C=O) groups excluding carboxylic acids is 2. The minimum atomic E-state index is -0.817. The molecule has 134 valence electrons. The van der Waals surface area contributed by atoms with Crippen molar-refractivity contribution in [2.75, 3.05) is 33.9 Å². The number of benzene rings is 1. The lowest BCUT2D eigenvalue weighted by Gasteiger charge is -2.35. The van der Waals surface area contributed by atoms with Crippen LogP contribution in [-0.2, 0) is 19.1 Å². The predicted octanol–water partition coefficient (Wildman–Crippen LogP) is 1.25. The van der Waals surface area contributed by atoms with Crippen LogP contribution in [-0.4, -0.2) is 51.3 Å². The smallest absolute Gasteiger partial charge is 0.314 e. The number of esters is 1. The summed E-state index contributed by atoms with van der Waals surface area (Å²) in [5.41, 5.74) is -0.000721. The van der Waals surface area contributed by atoms with Gasteiger partial charge in [-0.1, -0.05) is 30.3 Å². The minimum absolute atomic E-state index is 0. The first kappa shape index (κ1) is 20.4. The van der Waals surface area contributed by atoms with Crippen LogP contribution in [0.1, 0.15) is 24.3 Å². The SMILES string of the molecule is COC(=O)C(CNC(=O)C1(OC)CCNCC1)c1ccccc1.Cl. The van der Waals surface area contributed by atoms with Gasteiger partial charge in [-0.3, -0.25) is 9.59 Å². The monoisotopic (exact) mass is 356 g/mol. The molecule has 1 aliphatic heterocycles. The topological polar surface area (TPSA) is 76.7 Å². The summed E-state index contributed by atoms with van der Waals surface area (Å²) in [6.45, 7) is 1.66. The maximum absolute atomic E-state index is 12.6. The first-order valence-electron chi connectivity index (χ1n) is 7.80. The molecule has 1 aromatic carbocycles. The Morgan fingerprint density at radius 3 is 2.38 bits per heavy atom. The Labute approximate surface area is 148 Å². The van der Waals surface area contributed by atoms with E-state index in [9.17, 15) is 9.59 Å². The number of hydrogen-bond donors (Lipinski definition) is 2. The molecule has 6 nitrogen and oxygen atoms in total. The third-order valence-electron chi connectivity index (χ3n) is 4.37. The number of carbonyl (C=O) groups is 2. The molecule has 1 unspecified atom stereocenters. The van der Waals surface area contributed by atoms with Gasteiger partial charge in [0.2, 0.25) is 0 Å². The minimum Gasteiger partial charge on any atom is -0.468 e. The fourth-order valence-corrected chi connectivity index (χ4v) is 2.88. The molecule has 24 heavy (non-hydrogen) atoms. The summed E-state index contributed by atoms with van der Waals surface area (Å²) >= 11 is 0. The van der Waals surface area contributed by atoms with Gasteiger partial charge < -0.3 is 20.1 Å². The Hall–Kier alpha value is -1.63. The van der Waals surface area contributed by atoms with Gasteiger partial charge in [0.1, 0.15) is 5.60 Å². The van der Waals surface area contributed by atoms with Crippen LogP contribution in [0.2, 0.25) is 0 Å². The van der Waals surface area contributed by atoms with Gasteiger partial charge >= 0.3 is 5.97 Å². The van der Waals surface area contributed by atoms with Gasteiger partial charge in [-0.15, -0.1) is 12.4 Å². The highest BCUT2D eigenvalue weighted by atomic mass is 35.5. The number of rotatable bonds is 6. The molecule has 0 spiro atoms. The van der Waals surface area contributed by atoms with Crippen molar-refractivity contribution in [3.05, 3.63) is 35.9 Å². The van der Waals surface area contributed by atoms with Crippen molar-refractivity contribution in [3.8, 4) is 0 Å². The van der Waals surface area contributed by atoms with Crippen molar-refractivity contribution in [2.24, 2.45) is 0 Å².